The van der Waals surface area contributed by atoms with Gasteiger partial charge in [-0.3, -0.25) is 10.1 Å². The summed E-state index contributed by atoms with van der Waals surface area (Å²) in [6, 6.07) is 21.3. The van der Waals surface area contributed by atoms with Gasteiger partial charge in [-0.05, 0) is 60.2 Å². The van der Waals surface area contributed by atoms with Crippen LogP contribution in [0.2, 0.25) is 5.02 Å². The third-order valence-corrected chi connectivity index (χ3v) is 6.27. The molecule has 0 aliphatic carbocycles. The Hall–Kier alpha value is -4.32. The molecule has 0 spiro atoms. The Labute approximate surface area is 202 Å². The Kier molecular flexibility index (Phi) is 5.64. The quantitative estimate of drug-likeness (QED) is 0.148. The second-order valence-corrected chi connectivity index (χ2v) is 8.60. The van der Waals surface area contributed by atoms with Crippen molar-refractivity contribution in [2.75, 3.05) is 0 Å². The predicted molar refractivity (Wildman–Crippen MR) is 132 cm³/mol. The maximum absolute atomic E-state index is 10.9. The number of aromatic nitrogens is 2. The number of non-ortho nitro benzene ring substituents is 1. The van der Waals surface area contributed by atoms with Crippen molar-refractivity contribution in [3.8, 4) is 28.7 Å². The number of thiazole rings is 1. The summed E-state index contributed by atoms with van der Waals surface area (Å²) in [7, 11) is 0. The number of fused-ring (bicyclic) bond motifs is 1. The molecule has 7 nitrogen and oxygen atoms in total. The predicted octanol–water partition coefficient (Wildman–Crippen LogP) is 7.24. The molecule has 34 heavy (non-hydrogen) atoms. The molecule has 3 aromatic carbocycles. The number of halogens is 1. The largest absolute Gasteiger partial charge is 0.355 e. The van der Waals surface area contributed by atoms with Crippen molar-refractivity contribution in [1.82, 2.24) is 10.1 Å². The highest BCUT2D eigenvalue weighted by atomic mass is 35.5. The molecule has 0 atom stereocenters. The summed E-state index contributed by atoms with van der Waals surface area (Å²) < 4.78 is 5.56. The zero-order valence-electron chi connectivity index (χ0n) is 17.3. The smallest absolute Gasteiger partial charge is 0.269 e. The van der Waals surface area contributed by atoms with Gasteiger partial charge in [0.15, 0.2) is 5.76 Å². The number of hydrogen-bond acceptors (Lipinski definition) is 7. The number of nitrogens with zero attached hydrogens (tertiary/aromatic N) is 4. The van der Waals surface area contributed by atoms with Crippen molar-refractivity contribution in [3.05, 3.63) is 97.8 Å². The van der Waals surface area contributed by atoms with E-state index in [0.29, 0.717) is 32.6 Å². The molecule has 0 aliphatic heterocycles. The fourth-order valence-electron chi connectivity index (χ4n) is 3.45. The van der Waals surface area contributed by atoms with Gasteiger partial charge in [-0.15, -0.1) is 11.3 Å². The zero-order chi connectivity index (χ0) is 23.7. The Morgan fingerprint density at radius 1 is 1.09 bits per heavy atom. The Bertz CT molecular complexity index is 1600. The van der Waals surface area contributed by atoms with E-state index in [-0.39, 0.29) is 5.69 Å². The molecule has 0 saturated carbocycles. The normalized spacial score (nSPS) is 11.5. The van der Waals surface area contributed by atoms with E-state index in [1.165, 1.54) is 23.5 Å². The second-order valence-electron chi connectivity index (χ2n) is 7.31. The van der Waals surface area contributed by atoms with Gasteiger partial charge in [-0.1, -0.05) is 22.8 Å². The summed E-state index contributed by atoms with van der Waals surface area (Å²) in [4.78, 5) is 15.0. The molecule has 0 amide bonds. The number of hydrogen-bond donors (Lipinski definition) is 0. The topological polar surface area (TPSA) is 106 Å². The van der Waals surface area contributed by atoms with Crippen molar-refractivity contribution < 1.29 is 9.45 Å². The van der Waals surface area contributed by atoms with Crippen LogP contribution < -0.4 is 0 Å². The molecule has 5 rings (SSSR count). The van der Waals surface area contributed by atoms with E-state index in [2.05, 4.69) is 16.2 Å². The Morgan fingerprint density at radius 2 is 1.82 bits per heavy atom. The fraction of sp³-hybridized carbons (Fsp3) is 0. The highest BCUT2D eigenvalue weighted by molar-refractivity contribution is 7.11. The molecule has 9 heteroatoms. The van der Waals surface area contributed by atoms with E-state index in [1.807, 2.05) is 35.7 Å². The van der Waals surface area contributed by atoms with Gasteiger partial charge in [0.25, 0.3) is 5.69 Å². The monoisotopic (exact) mass is 484 g/mol. The van der Waals surface area contributed by atoms with Crippen LogP contribution >= 0.6 is 22.9 Å². The number of rotatable bonds is 5. The average Bonchev–Trinajstić information content (AvgIpc) is 3.51. The first-order valence-corrected chi connectivity index (χ1v) is 11.3. The number of nitro groups is 1. The van der Waals surface area contributed by atoms with Crippen LogP contribution in [0.15, 0.2) is 76.6 Å². The van der Waals surface area contributed by atoms with Crippen LogP contribution in [0.1, 0.15) is 10.6 Å². The highest BCUT2D eigenvalue weighted by Crippen LogP contribution is 2.32. The molecule has 2 aromatic heterocycles. The molecule has 0 aliphatic rings. The van der Waals surface area contributed by atoms with Crippen LogP contribution in [0.3, 0.4) is 0 Å². The van der Waals surface area contributed by atoms with Gasteiger partial charge in [0.1, 0.15) is 16.6 Å². The molecule has 0 N–H and O–H groups in total. The van der Waals surface area contributed by atoms with Gasteiger partial charge in [0, 0.05) is 33.7 Å². The van der Waals surface area contributed by atoms with E-state index in [0.717, 1.165) is 22.1 Å². The maximum Gasteiger partial charge on any atom is 0.269 e. The molecule has 2 heterocycles. The van der Waals surface area contributed by atoms with Crippen molar-refractivity contribution in [2.45, 2.75) is 0 Å². The molecular formula is C25H13ClN4O3S. The van der Waals surface area contributed by atoms with Gasteiger partial charge in [0.2, 0.25) is 0 Å². The van der Waals surface area contributed by atoms with Gasteiger partial charge in [-0.25, -0.2) is 4.98 Å². The van der Waals surface area contributed by atoms with Crippen molar-refractivity contribution >= 4 is 51.2 Å². The van der Waals surface area contributed by atoms with Gasteiger partial charge in [0.05, 0.1) is 21.6 Å². The zero-order valence-corrected chi connectivity index (χ0v) is 18.9. The first-order valence-electron chi connectivity index (χ1n) is 10.00. The lowest BCUT2D eigenvalue weighted by atomic mass is 10.0. The van der Waals surface area contributed by atoms with Crippen molar-refractivity contribution in [2.24, 2.45) is 0 Å². The van der Waals surface area contributed by atoms with Crippen molar-refractivity contribution in [1.29, 1.82) is 5.26 Å². The first kappa shape index (κ1) is 21.5. The minimum atomic E-state index is -0.447. The van der Waals surface area contributed by atoms with Crippen LogP contribution in [0, 0.1) is 21.4 Å². The first-order chi connectivity index (χ1) is 16.5. The maximum atomic E-state index is 10.9. The Balaban J connectivity index is 1.48. The summed E-state index contributed by atoms with van der Waals surface area (Å²) in [6.07, 6.45) is 1.76. The second kappa shape index (κ2) is 8.90. The molecule has 0 fully saturated rings. The number of benzene rings is 3. The average molecular weight is 485 g/mol. The van der Waals surface area contributed by atoms with E-state index < -0.39 is 4.92 Å². The Morgan fingerprint density at radius 3 is 2.53 bits per heavy atom. The third-order valence-electron chi connectivity index (χ3n) is 5.15. The van der Waals surface area contributed by atoms with Crippen LogP contribution in [0.5, 0.6) is 0 Å². The van der Waals surface area contributed by atoms with Crippen LogP contribution in [-0.4, -0.2) is 15.1 Å². The molecule has 0 saturated heterocycles. The third kappa shape index (κ3) is 4.18. The minimum absolute atomic E-state index is 0.0129. The van der Waals surface area contributed by atoms with Gasteiger partial charge in [-0.2, -0.15) is 5.26 Å². The lowest BCUT2D eigenvalue weighted by molar-refractivity contribution is -0.384. The van der Waals surface area contributed by atoms with Crippen LogP contribution in [-0.2, 0) is 0 Å². The van der Waals surface area contributed by atoms with E-state index in [4.69, 9.17) is 16.1 Å². The summed E-state index contributed by atoms with van der Waals surface area (Å²) in [5.74, 6) is 0.620. The van der Waals surface area contributed by atoms with Crippen LogP contribution in [0.4, 0.5) is 5.69 Å². The summed E-state index contributed by atoms with van der Waals surface area (Å²) in [5, 5.41) is 28.6. The standard InChI is InChI=1S/C25H13ClN4O3S/c26-19-6-2-17(3-7-19)24-21-12-15(1-10-22(21)29-33-24)11-18(13-27)25-28-23(14-34-25)16-4-8-20(9-5-16)30(31)32/h1-12,14H/b18-11+. The number of nitriles is 1. The molecule has 0 unspecified atom stereocenters. The van der Waals surface area contributed by atoms with Crippen molar-refractivity contribution in [3.63, 3.8) is 0 Å². The summed E-state index contributed by atoms with van der Waals surface area (Å²) in [6.45, 7) is 0. The van der Waals surface area contributed by atoms with Gasteiger partial charge >= 0.3 is 0 Å². The molecule has 5 aromatic rings. The van der Waals surface area contributed by atoms with Crippen LogP contribution in [0.25, 0.3) is 45.1 Å². The fourth-order valence-corrected chi connectivity index (χ4v) is 4.37. The highest BCUT2D eigenvalue weighted by Gasteiger charge is 2.14. The molecular weight excluding hydrogens is 472 g/mol. The number of nitro benzene ring substituents is 1. The minimum Gasteiger partial charge on any atom is -0.355 e. The molecule has 164 valence electrons. The van der Waals surface area contributed by atoms with E-state index in [9.17, 15) is 15.4 Å². The van der Waals surface area contributed by atoms with E-state index in [1.54, 1.807) is 30.3 Å². The lowest BCUT2D eigenvalue weighted by Gasteiger charge is -1.99. The summed E-state index contributed by atoms with van der Waals surface area (Å²) >= 11 is 7.33. The van der Waals surface area contributed by atoms with E-state index >= 15 is 0 Å². The summed E-state index contributed by atoms with van der Waals surface area (Å²) in [5.41, 5.74) is 4.16. The molecule has 0 bridgehead atoms. The lowest BCUT2D eigenvalue weighted by Crippen LogP contribution is -1.87. The number of allylic oxidation sites excluding steroid dienone is 1. The SMILES string of the molecule is N#C/C(=C\c1ccc2noc(-c3ccc(Cl)cc3)c2c1)c1nc(-c2ccc([N+](=O)[O-])cc2)cs1. The molecule has 0 radical (unpaired) electrons. The van der Waals surface area contributed by atoms with Gasteiger partial charge < -0.3 is 4.52 Å².